The maximum atomic E-state index is 9.83. The van der Waals surface area contributed by atoms with E-state index >= 15 is 0 Å². The van der Waals surface area contributed by atoms with Gasteiger partial charge in [-0.25, -0.2) is 4.79 Å². The lowest BCUT2D eigenvalue weighted by molar-refractivity contribution is 0.193. The summed E-state index contributed by atoms with van der Waals surface area (Å²) in [6, 6.07) is 0.0820. The number of hydrogen-bond acceptors (Lipinski definition) is 2. The Kier molecular flexibility index (Phi) is 1.09. The number of amides is 1. The van der Waals surface area contributed by atoms with Crippen LogP contribution in [0.15, 0.2) is 0 Å². The van der Waals surface area contributed by atoms with Gasteiger partial charge in [0.15, 0.2) is 0 Å². The molecule has 1 rings (SSSR count). The second-order valence-electron chi connectivity index (χ2n) is 1.96. The smallest absolute Gasteiger partial charge is 0.404 e. The van der Waals surface area contributed by atoms with Crippen LogP contribution in [-0.2, 0) is 0 Å². The Morgan fingerprint density at radius 2 is 2.38 bits per heavy atom. The fourth-order valence-corrected chi connectivity index (χ4v) is 0.539. The molecule has 0 heterocycles. The molecule has 0 radical (unpaired) electrons. The molecule has 0 bridgehead atoms. The molecule has 4 heteroatoms. The SMILES string of the molecule is N[C@H]1C[C@@H]1NC(=O)O. The van der Waals surface area contributed by atoms with E-state index in [1.54, 1.807) is 0 Å². The van der Waals surface area contributed by atoms with Crippen LogP contribution in [0.2, 0.25) is 0 Å². The molecule has 1 aliphatic carbocycles. The molecule has 8 heavy (non-hydrogen) atoms. The third-order valence-corrected chi connectivity index (χ3v) is 1.15. The van der Waals surface area contributed by atoms with Crippen LogP contribution in [0.1, 0.15) is 6.42 Å². The molecule has 0 aromatic carbocycles. The van der Waals surface area contributed by atoms with Crippen LogP contribution >= 0.6 is 0 Å². The molecule has 0 aromatic rings. The Labute approximate surface area is 46.7 Å². The Hall–Kier alpha value is -0.770. The summed E-state index contributed by atoms with van der Waals surface area (Å²) in [6.07, 6.45) is -0.199. The third-order valence-electron chi connectivity index (χ3n) is 1.15. The summed E-state index contributed by atoms with van der Waals surface area (Å²) in [6.45, 7) is 0. The van der Waals surface area contributed by atoms with E-state index in [2.05, 4.69) is 5.32 Å². The van der Waals surface area contributed by atoms with Gasteiger partial charge < -0.3 is 16.2 Å². The molecule has 0 aromatic heterocycles. The van der Waals surface area contributed by atoms with Crippen molar-refractivity contribution in [2.75, 3.05) is 0 Å². The summed E-state index contributed by atoms with van der Waals surface area (Å²) in [7, 11) is 0. The molecule has 1 aliphatic rings. The maximum Gasteiger partial charge on any atom is 0.404 e. The molecule has 1 fully saturated rings. The van der Waals surface area contributed by atoms with Crippen molar-refractivity contribution in [2.45, 2.75) is 18.5 Å². The fraction of sp³-hybridized carbons (Fsp3) is 0.750. The Balaban J connectivity index is 2.14. The summed E-state index contributed by atoms with van der Waals surface area (Å²) >= 11 is 0. The monoisotopic (exact) mass is 116 g/mol. The molecule has 2 atom stereocenters. The van der Waals surface area contributed by atoms with E-state index in [9.17, 15) is 4.79 Å². The third kappa shape index (κ3) is 1.10. The first-order valence-electron chi connectivity index (χ1n) is 2.45. The second kappa shape index (κ2) is 1.63. The Morgan fingerprint density at radius 3 is 2.50 bits per heavy atom. The second-order valence-corrected chi connectivity index (χ2v) is 1.96. The largest absolute Gasteiger partial charge is 0.465 e. The number of rotatable bonds is 1. The molecule has 4 N–H and O–H groups in total. The summed E-state index contributed by atoms with van der Waals surface area (Å²) in [4.78, 5) is 9.83. The highest BCUT2D eigenvalue weighted by molar-refractivity contribution is 5.65. The van der Waals surface area contributed by atoms with E-state index in [1.807, 2.05) is 0 Å². The van der Waals surface area contributed by atoms with Crippen molar-refractivity contribution in [3.8, 4) is 0 Å². The molecule has 0 unspecified atom stereocenters. The van der Waals surface area contributed by atoms with E-state index in [4.69, 9.17) is 10.8 Å². The molecule has 46 valence electrons. The van der Waals surface area contributed by atoms with Gasteiger partial charge in [0.05, 0.1) is 0 Å². The van der Waals surface area contributed by atoms with E-state index in [-0.39, 0.29) is 12.1 Å². The average Bonchev–Trinajstić information content (AvgIpc) is 2.17. The van der Waals surface area contributed by atoms with Crippen LogP contribution in [-0.4, -0.2) is 23.3 Å². The number of carbonyl (C=O) groups is 1. The minimum absolute atomic E-state index is 0.0208. The van der Waals surface area contributed by atoms with Gasteiger partial charge in [-0.2, -0.15) is 0 Å². The van der Waals surface area contributed by atoms with Crippen molar-refractivity contribution >= 4 is 6.09 Å². The summed E-state index contributed by atoms with van der Waals surface area (Å²) < 4.78 is 0. The minimum atomic E-state index is -0.983. The Morgan fingerprint density at radius 1 is 1.88 bits per heavy atom. The van der Waals surface area contributed by atoms with Gasteiger partial charge >= 0.3 is 6.09 Å². The first-order chi connectivity index (χ1) is 3.70. The lowest BCUT2D eigenvalue weighted by atomic mass is 10.7. The van der Waals surface area contributed by atoms with Crippen LogP contribution in [0.5, 0.6) is 0 Å². The maximum absolute atomic E-state index is 9.83. The molecule has 0 aliphatic heterocycles. The van der Waals surface area contributed by atoms with Gasteiger partial charge in [0, 0.05) is 12.1 Å². The normalized spacial score (nSPS) is 34.1. The van der Waals surface area contributed by atoms with Crippen molar-refractivity contribution in [1.82, 2.24) is 5.32 Å². The van der Waals surface area contributed by atoms with Gasteiger partial charge in [-0.1, -0.05) is 0 Å². The van der Waals surface area contributed by atoms with Gasteiger partial charge in [0.1, 0.15) is 0 Å². The number of nitrogens with one attached hydrogen (secondary N) is 1. The van der Waals surface area contributed by atoms with Crippen LogP contribution in [0, 0.1) is 0 Å². The zero-order chi connectivity index (χ0) is 6.15. The predicted molar refractivity (Wildman–Crippen MR) is 27.5 cm³/mol. The Bertz CT molecular complexity index is 115. The van der Waals surface area contributed by atoms with Crippen LogP contribution in [0.3, 0.4) is 0 Å². The van der Waals surface area contributed by atoms with Crippen LogP contribution < -0.4 is 11.1 Å². The minimum Gasteiger partial charge on any atom is -0.465 e. The zero-order valence-electron chi connectivity index (χ0n) is 4.29. The number of hydrogen-bond donors (Lipinski definition) is 3. The fourth-order valence-electron chi connectivity index (χ4n) is 0.539. The van der Waals surface area contributed by atoms with E-state index < -0.39 is 6.09 Å². The highest BCUT2D eigenvalue weighted by Gasteiger charge is 2.34. The van der Waals surface area contributed by atoms with Crippen LogP contribution in [0.25, 0.3) is 0 Å². The van der Waals surface area contributed by atoms with Crippen LogP contribution in [0.4, 0.5) is 4.79 Å². The van der Waals surface area contributed by atoms with Crippen molar-refractivity contribution in [3.63, 3.8) is 0 Å². The highest BCUT2D eigenvalue weighted by atomic mass is 16.4. The molecular weight excluding hydrogens is 108 g/mol. The number of carboxylic acid groups (broad SMARTS) is 1. The van der Waals surface area contributed by atoms with E-state index in [1.165, 1.54) is 0 Å². The predicted octanol–water partition coefficient (Wildman–Crippen LogP) is -0.646. The van der Waals surface area contributed by atoms with E-state index in [0.717, 1.165) is 6.42 Å². The van der Waals surface area contributed by atoms with Gasteiger partial charge in [0.2, 0.25) is 0 Å². The van der Waals surface area contributed by atoms with E-state index in [0.29, 0.717) is 0 Å². The van der Waals surface area contributed by atoms with Gasteiger partial charge in [-0.05, 0) is 6.42 Å². The van der Waals surface area contributed by atoms with Gasteiger partial charge in [0.25, 0.3) is 0 Å². The molecule has 0 saturated heterocycles. The molecule has 1 amide bonds. The number of nitrogens with two attached hydrogens (primary N) is 1. The average molecular weight is 116 g/mol. The lowest BCUT2D eigenvalue weighted by Gasteiger charge is -1.92. The summed E-state index contributed by atoms with van der Waals surface area (Å²) in [5, 5.41) is 10.3. The van der Waals surface area contributed by atoms with Crippen molar-refractivity contribution in [3.05, 3.63) is 0 Å². The molecular formula is C4H8N2O2. The summed E-state index contributed by atoms with van der Waals surface area (Å²) in [5.74, 6) is 0. The van der Waals surface area contributed by atoms with Gasteiger partial charge in [-0.3, -0.25) is 0 Å². The molecule has 1 saturated carbocycles. The topological polar surface area (TPSA) is 75.3 Å². The highest BCUT2D eigenvalue weighted by Crippen LogP contribution is 2.16. The first-order valence-corrected chi connectivity index (χ1v) is 2.45. The zero-order valence-corrected chi connectivity index (χ0v) is 4.29. The summed E-state index contributed by atoms with van der Waals surface area (Å²) in [5.41, 5.74) is 5.29. The first kappa shape index (κ1) is 5.37. The quantitative estimate of drug-likeness (QED) is 0.426. The molecule has 0 spiro atoms. The standard InChI is InChI=1S/C4H8N2O2/c5-2-1-3(2)6-4(7)8/h2-3,6H,1,5H2,(H,7,8)/t2-,3-/m0/s1. The lowest BCUT2D eigenvalue weighted by Crippen LogP contribution is -2.27. The van der Waals surface area contributed by atoms with Crippen molar-refractivity contribution < 1.29 is 9.90 Å². The van der Waals surface area contributed by atoms with Gasteiger partial charge in [-0.15, -0.1) is 0 Å². The van der Waals surface area contributed by atoms with Crippen molar-refractivity contribution in [1.29, 1.82) is 0 Å². The van der Waals surface area contributed by atoms with Crippen molar-refractivity contribution in [2.24, 2.45) is 5.73 Å². The molecule has 4 nitrogen and oxygen atoms in total.